The minimum Gasteiger partial charge on any atom is -0.352 e. The number of piperazine rings is 1. The first-order valence-corrected chi connectivity index (χ1v) is 9.39. The largest absolute Gasteiger partial charge is 0.352 e. The van der Waals surface area contributed by atoms with Crippen LogP contribution in [0.3, 0.4) is 0 Å². The number of hydrogen-bond donors (Lipinski definition) is 2. The molecule has 1 heterocycles. The van der Waals surface area contributed by atoms with Gasteiger partial charge in [0.15, 0.2) is 0 Å². The van der Waals surface area contributed by atoms with Crippen LogP contribution in [0.1, 0.15) is 30.0 Å². The fraction of sp³-hybridized carbons (Fsp3) is 0.381. The van der Waals surface area contributed by atoms with E-state index in [-0.39, 0.29) is 35.7 Å². The SMILES string of the molecule is O=C(NC1CC1)C1CNCCN1C(c1ccc(F)cc1)c1ccc(F)cc1. The average Bonchev–Trinajstić information content (AvgIpc) is 3.49. The molecule has 1 aliphatic carbocycles. The lowest BCUT2D eigenvalue weighted by atomic mass is 9.94. The van der Waals surface area contributed by atoms with Crippen molar-refractivity contribution in [3.05, 3.63) is 71.3 Å². The molecule has 0 bridgehead atoms. The summed E-state index contributed by atoms with van der Waals surface area (Å²) < 4.78 is 26.9. The van der Waals surface area contributed by atoms with Crippen LogP contribution in [0, 0.1) is 11.6 Å². The predicted octanol–water partition coefficient (Wildman–Crippen LogP) is 2.61. The Morgan fingerprint density at radius 1 is 1.00 bits per heavy atom. The highest BCUT2D eigenvalue weighted by atomic mass is 19.1. The van der Waals surface area contributed by atoms with Crippen molar-refractivity contribution in [1.82, 2.24) is 15.5 Å². The number of carbonyl (C=O) groups excluding carboxylic acids is 1. The molecule has 1 aliphatic heterocycles. The van der Waals surface area contributed by atoms with Gasteiger partial charge in [0.25, 0.3) is 0 Å². The van der Waals surface area contributed by atoms with Crippen molar-refractivity contribution in [2.24, 2.45) is 0 Å². The van der Waals surface area contributed by atoms with Gasteiger partial charge in [0, 0.05) is 25.7 Å². The Bertz CT molecular complexity index is 745. The molecule has 1 atom stereocenters. The smallest absolute Gasteiger partial charge is 0.238 e. The summed E-state index contributed by atoms with van der Waals surface area (Å²) >= 11 is 0. The molecule has 2 fully saturated rings. The summed E-state index contributed by atoms with van der Waals surface area (Å²) in [4.78, 5) is 15.0. The Morgan fingerprint density at radius 3 is 2.07 bits per heavy atom. The van der Waals surface area contributed by atoms with E-state index >= 15 is 0 Å². The highest BCUT2D eigenvalue weighted by Gasteiger charge is 2.37. The zero-order valence-corrected chi connectivity index (χ0v) is 15.0. The molecular formula is C21H23F2N3O. The molecule has 1 saturated heterocycles. The third-order valence-corrected chi connectivity index (χ3v) is 5.21. The number of nitrogens with zero attached hydrogens (tertiary/aromatic N) is 1. The summed E-state index contributed by atoms with van der Waals surface area (Å²) in [5.41, 5.74) is 1.77. The van der Waals surface area contributed by atoms with Gasteiger partial charge in [-0.15, -0.1) is 0 Å². The first kappa shape index (κ1) is 18.1. The van der Waals surface area contributed by atoms with Crippen molar-refractivity contribution in [1.29, 1.82) is 0 Å². The van der Waals surface area contributed by atoms with Crippen LogP contribution in [0.15, 0.2) is 48.5 Å². The lowest BCUT2D eigenvalue weighted by molar-refractivity contribution is -0.128. The average molecular weight is 371 g/mol. The van der Waals surface area contributed by atoms with E-state index in [1.54, 1.807) is 24.3 Å². The van der Waals surface area contributed by atoms with Crippen molar-refractivity contribution in [3.63, 3.8) is 0 Å². The highest BCUT2D eigenvalue weighted by Crippen LogP contribution is 2.32. The number of nitrogens with one attached hydrogen (secondary N) is 2. The van der Waals surface area contributed by atoms with E-state index in [0.717, 1.165) is 30.5 Å². The van der Waals surface area contributed by atoms with E-state index in [9.17, 15) is 13.6 Å². The summed E-state index contributed by atoms with van der Waals surface area (Å²) in [6, 6.07) is 12.4. The van der Waals surface area contributed by atoms with E-state index in [1.165, 1.54) is 24.3 Å². The van der Waals surface area contributed by atoms with Crippen molar-refractivity contribution in [3.8, 4) is 0 Å². The number of carbonyl (C=O) groups is 1. The molecule has 2 aliphatic rings. The zero-order valence-electron chi connectivity index (χ0n) is 15.0. The molecule has 4 nitrogen and oxygen atoms in total. The first-order chi connectivity index (χ1) is 13.1. The van der Waals surface area contributed by atoms with Gasteiger partial charge in [0.05, 0.1) is 6.04 Å². The summed E-state index contributed by atoms with van der Waals surface area (Å²) in [7, 11) is 0. The molecule has 1 saturated carbocycles. The maximum absolute atomic E-state index is 13.5. The third kappa shape index (κ3) is 4.17. The number of halogens is 2. The Morgan fingerprint density at radius 2 is 1.56 bits per heavy atom. The molecule has 2 aromatic rings. The molecular weight excluding hydrogens is 348 g/mol. The zero-order chi connectivity index (χ0) is 18.8. The van der Waals surface area contributed by atoms with Gasteiger partial charge in [-0.25, -0.2) is 8.78 Å². The van der Waals surface area contributed by atoms with Gasteiger partial charge in [-0.3, -0.25) is 9.69 Å². The Kier molecular flexibility index (Phi) is 5.18. The first-order valence-electron chi connectivity index (χ1n) is 9.39. The monoisotopic (exact) mass is 371 g/mol. The second-order valence-corrected chi connectivity index (χ2v) is 7.25. The lowest BCUT2D eigenvalue weighted by Crippen LogP contribution is -2.59. The van der Waals surface area contributed by atoms with Gasteiger partial charge in [0.2, 0.25) is 5.91 Å². The summed E-state index contributed by atoms with van der Waals surface area (Å²) in [6.07, 6.45) is 2.07. The van der Waals surface area contributed by atoms with Gasteiger partial charge in [0.1, 0.15) is 17.7 Å². The maximum Gasteiger partial charge on any atom is 0.238 e. The maximum atomic E-state index is 13.5. The van der Waals surface area contributed by atoms with Crippen LogP contribution < -0.4 is 10.6 Å². The normalized spacial score (nSPS) is 20.6. The minimum absolute atomic E-state index is 0.0129. The molecule has 27 heavy (non-hydrogen) atoms. The van der Waals surface area contributed by atoms with Crippen LogP contribution in [-0.2, 0) is 4.79 Å². The second-order valence-electron chi connectivity index (χ2n) is 7.25. The molecule has 2 aromatic carbocycles. The van der Waals surface area contributed by atoms with Crippen LogP contribution in [0.2, 0.25) is 0 Å². The quantitative estimate of drug-likeness (QED) is 0.849. The van der Waals surface area contributed by atoms with Crippen molar-refractivity contribution in [2.75, 3.05) is 19.6 Å². The third-order valence-electron chi connectivity index (χ3n) is 5.21. The molecule has 6 heteroatoms. The summed E-state index contributed by atoms with van der Waals surface area (Å²) in [6.45, 7) is 1.98. The van der Waals surface area contributed by atoms with Crippen LogP contribution in [0.25, 0.3) is 0 Å². The molecule has 0 radical (unpaired) electrons. The number of hydrogen-bond acceptors (Lipinski definition) is 3. The predicted molar refractivity (Wildman–Crippen MR) is 99.2 cm³/mol. The van der Waals surface area contributed by atoms with Gasteiger partial charge >= 0.3 is 0 Å². The molecule has 4 rings (SSSR count). The lowest BCUT2D eigenvalue weighted by Gasteiger charge is -2.41. The topological polar surface area (TPSA) is 44.4 Å². The molecule has 1 amide bonds. The van der Waals surface area contributed by atoms with Gasteiger partial charge < -0.3 is 10.6 Å². The van der Waals surface area contributed by atoms with E-state index in [1.807, 2.05) is 0 Å². The summed E-state index contributed by atoms with van der Waals surface area (Å²) in [5.74, 6) is -0.598. The number of rotatable bonds is 5. The molecule has 142 valence electrons. The van der Waals surface area contributed by atoms with E-state index in [2.05, 4.69) is 15.5 Å². The fourth-order valence-electron chi connectivity index (χ4n) is 3.66. The molecule has 2 N–H and O–H groups in total. The standard InChI is InChI=1S/C21H23F2N3O/c22-16-5-1-14(2-6-16)20(15-3-7-17(23)8-4-15)26-12-11-24-13-19(26)21(27)25-18-9-10-18/h1-8,18-20,24H,9-13H2,(H,25,27). The van der Waals surface area contributed by atoms with Crippen molar-refractivity contribution < 1.29 is 13.6 Å². The Labute approximate surface area is 157 Å². The van der Waals surface area contributed by atoms with Gasteiger partial charge in [-0.2, -0.15) is 0 Å². The van der Waals surface area contributed by atoms with Crippen LogP contribution >= 0.6 is 0 Å². The fourth-order valence-corrected chi connectivity index (χ4v) is 3.66. The van der Waals surface area contributed by atoms with Crippen LogP contribution in [-0.4, -0.2) is 42.5 Å². The molecule has 0 aromatic heterocycles. The van der Waals surface area contributed by atoms with Crippen molar-refractivity contribution >= 4 is 5.91 Å². The van der Waals surface area contributed by atoms with Crippen molar-refractivity contribution in [2.45, 2.75) is 31.0 Å². The Hall–Kier alpha value is -2.31. The van der Waals surface area contributed by atoms with E-state index in [4.69, 9.17) is 0 Å². The summed E-state index contributed by atoms with van der Waals surface area (Å²) in [5, 5.41) is 6.38. The molecule has 1 unspecified atom stereocenters. The van der Waals surface area contributed by atoms with Gasteiger partial charge in [-0.05, 0) is 48.2 Å². The highest BCUT2D eigenvalue weighted by molar-refractivity contribution is 5.83. The molecule has 0 spiro atoms. The van der Waals surface area contributed by atoms with E-state index in [0.29, 0.717) is 13.1 Å². The second kappa shape index (κ2) is 7.74. The Balaban J connectivity index is 1.69. The number of benzene rings is 2. The minimum atomic E-state index is -0.334. The van der Waals surface area contributed by atoms with Crippen LogP contribution in [0.5, 0.6) is 0 Å². The van der Waals surface area contributed by atoms with E-state index < -0.39 is 0 Å². The van der Waals surface area contributed by atoms with Gasteiger partial charge in [-0.1, -0.05) is 24.3 Å². The van der Waals surface area contributed by atoms with Crippen LogP contribution in [0.4, 0.5) is 8.78 Å². The number of amides is 1.